The van der Waals surface area contributed by atoms with Crippen LogP contribution >= 0.6 is 0 Å². The van der Waals surface area contributed by atoms with Gasteiger partial charge in [-0.2, -0.15) is 5.11 Å². The summed E-state index contributed by atoms with van der Waals surface area (Å²) in [5, 5.41) is 6.04. The molecule has 2 aromatic rings. The number of likely N-dealkylation sites (N-methyl/N-ethyl adjacent to an activating group) is 1. The molecule has 0 aliphatic carbocycles. The van der Waals surface area contributed by atoms with E-state index in [-0.39, 0.29) is 18.4 Å². The van der Waals surface area contributed by atoms with Gasteiger partial charge >= 0.3 is 0 Å². The highest BCUT2D eigenvalue weighted by Crippen LogP contribution is 2.15. The number of carbonyl (C=O) groups is 2. The quantitative estimate of drug-likeness (QED) is 0.726. The van der Waals surface area contributed by atoms with Crippen molar-refractivity contribution < 1.29 is 9.59 Å². The molecule has 0 bridgehead atoms. The normalized spacial score (nSPS) is 15.7. The van der Waals surface area contributed by atoms with Crippen LogP contribution in [0.5, 0.6) is 0 Å². The van der Waals surface area contributed by atoms with Gasteiger partial charge in [-0.15, -0.1) is 0 Å². The van der Waals surface area contributed by atoms with Crippen LogP contribution in [0.25, 0.3) is 11.4 Å². The maximum absolute atomic E-state index is 12.7. The first kappa shape index (κ1) is 19.6. The zero-order valence-electron chi connectivity index (χ0n) is 15.7. The van der Waals surface area contributed by atoms with Gasteiger partial charge in [0.1, 0.15) is 6.04 Å². The summed E-state index contributed by atoms with van der Waals surface area (Å²) in [6.07, 6.45) is 3.31. The van der Waals surface area contributed by atoms with Crippen LogP contribution in [0.3, 0.4) is 0 Å². The Labute approximate surface area is 163 Å². The van der Waals surface area contributed by atoms with Crippen LogP contribution in [0, 0.1) is 5.53 Å². The van der Waals surface area contributed by atoms with E-state index in [1.807, 2.05) is 7.05 Å². The average Bonchev–Trinajstić information content (AvgIpc) is 2.74. The van der Waals surface area contributed by atoms with Crippen molar-refractivity contribution in [2.45, 2.75) is 6.04 Å². The number of rotatable bonds is 6. The fourth-order valence-electron chi connectivity index (χ4n) is 2.98. The fraction of sp³-hybridized carbons (Fsp3) is 0.368. The number of hydrogen-bond acceptors (Lipinski definition) is 7. The summed E-state index contributed by atoms with van der Waals surface area (Å²) in [6.45, 7) is 2.70. The van der Waals surface area contributed by atoms with E-state index in [1.54, 1.807) is 47.6 Å². The summed E-state index contributed by atoms with van der Waals surface area (Å²) >= 11 is 0. The van der Waals surface area contributed by atoms with Crippen molar-refractivity contribution in [3.63, 3.8) is 0 Å². The van der Waals surface area contributed by atoms with Gasteiger partial charge in [0.25, 0.3) is 5.91 Å². The molecule has 9 heteroatoms. The number of nitrogens with zero attached hydrogens (tertiary/aromatic N) is 5. The smallest absolute Gasteiger partial charge is 0.251 e. The Bertz CT molecular complexity index is 818. The van der Waals surface area contributed by atoms with E-state index in [2.05, 4.69) is 25.3 Å². The van der Waals surface area contributed by atoms with Crippen molar-refractivity contribution in [1.29, 1.82) is 5.53 Å². The molecule has 146 valence electrons. The lowest BCUT2D eigenvalue weighted by molar-refractivity contribution is -0.134. The average molecular weight is 381 g/mol. The SMILES string of the molecule is CN1CCN(C(=O)C(CN=N)NC(=O)c2ccc(-c3ncccn3)cc2)CC1. The second-order valence-electron chi connectivity index (χ2n) is 6.65. The predicted molar refractivity (Wildman–Crippen MR) is 103 cm³/mol. The molecule has 28 heavy (non-hydrogen) atoms. The first-order valence-corrected chi connectivity index (χ1v) is 9.07. The second-order valence-corrected chi connectivity index (χ2v) is 6.65. The summed E-state index contributed by atoms with van der Waals surface area (Å²) in [4.78, 5) is 37.5. The van der Waals surface area contributed by atoms with E-state index in [0.29, 0.717) is 24.5 Å². The molecule has 1 aliphatic rings. The van der Waals surface area contributed by atoms with Crippen molar-refractivity contribution in [3.05, 3.63) is 48.3 Å². The van der Waals surface area contributed by atoms with Gasteiger partial charge in [0.05, 0.1) is 6.54 Å². The molecule has 1 saturated heterocycles. The topological polar surface area (TPSA) is 115 Å². The molecule has 1 unspecified atom stereocenters. The van der Waals surface area contributed by atoms with Crippen molar-refractivity contribution in [2.24, 2.45) is 5.11 Å². The van der Waals surface area contributed by atoms with E-state index >= 15 is 0 Å². The van der Waals surface area contributed by atoms with Crippen LogP contribution in [0.2, 0.25) is 0 Å². The molecule has 3 rings (SSSR count). The van der Waals surface area contributed by atoms with Gasteiger partial charge in [-0.3, -0.25) is 9.59 Å². The third-order valence-electron chi connectivity index (χ3n) is 4.66. The van der Waals surface area contributed by atoms with Crippen molar-refractivity contribution in [1.82, 2.24) is 25.1 Å². The molecule has 1 fully saturated rings. The highest BCUT2D eigenvalue weighted by Gasteiger charge is 2.28. The minimum Gasteiger partial charge on any atom is -0.338 e. The Morgan fingerprint density at radius 1 is 1.14 bits per heavy atom. The molecule has 1 aromatic heterocycles. The number of hydrogen-bond donors (Lipinski definition) is 2. The number of nitrogens with one attached hydrogen (secondary N) is 2. The number of amides is 2. The Morgan fingerprint density at radius 3 is 2.39 bits per heavy atom. The number of carbonyl (C=O) groups excluding carboxylic acids is 2. The highest BCUT2D eigenvalue weighted by molar-refractivity contribution is 5.98. The molecular weight excluding hydrogens is 358 g/mol. The highest BCUT2D eigenvalue weighted by atomic mass is 16.2. The number of piperazine rings is 1. The van der Waals surface area contributed by atoms with Gasteiger partial charge in [0.2, 0.25) is 5.91 Å². The van der Waals surface area contributed by atoms with E-state index in [4.69, 9.17) is 5.53 Å². The van der Waals surface area contributed by atoms with Crippen LogP contribution in [0.1, 0.15) is 10.4 Å². The predicted octanol–water partition coefficient (Wildman–Crippen LogP) is 1.05. The summed E-state index contributed by atoms with van der Waals surface area (Å²) in [5.74, 6) is -0.00556. The standard InChI is InChI=1S/C19H23N7O2/c1-25-9-11-26(12-10-25)19(28)16(13-23-20)24-18(27)15-5-3-14(4-6-15)17-21-7-2-8-22-17/h2-8,16,20H,9-13H2,1H3,(H,24,27). The minimum absolute atomic E-state index is 0.0765. The van der Waals surface area contributed by atoms with Gasteiger partial charge in [0.15, 0.2) is 5.82 Å². The largest absolute Gasteiger partial charge is 0.338 e. The molecule has 0 radical (unpaired) electrons. The summed E-state index contributed by atoms with van der Waals surface area (Å²) in [7, 11) is 2.00. The van der Waals surface area contributed by atoms with Gasteiger partial charge in [-0.05, 0) is 25.2 Å². The Hall–Kier alpha value is -3.20. The summed E-state index contributed by atoms with van der Waals surface area (Å²) in [5.41, 5.74) is 8.34. The molecule has 0 saturated carbocycles. The van der Waals surface area contributed by atoms with Crippen LogP contribution in [0.15, 0.2) is 47.8 Å². The summed E-state index contributed by atoms with van der Waals surface area (Å²) < 4.78 is 0. The lowest BCUT2D eigenvalue weighted by Crippen LogP contribution is -2.55. The number of aromatic nitrogens is 2. The maximum Gasteiger partial charge on any atom is 0.251 e. The lowest BCUT2D eigenvalue weighted by Gasteiger charge is -2.34. The first-order chi connectivity index (χ1) is 13.6. The third kappa shape index (κ3) is 4.74. The number of benzene rings is 1. The zero-order chi connectivity index (χ0) is 19.9. The van der Waals surface area contributed by atoms with Crippen LogP contribution in [-0.4, -0.2) is 77.4 Å². The molecule has 0 spiro atoms. The summed E-state index contributed by atoms with van der Waals surface area (Å²) in [6, 6.07) is 7.74. The fourth-order valence-corrected chi connectivity index (χ4v) is 2.98. The van der Waals surface area contributed by atoms with Crippen LogP contribution in [-0.2, 0) is 4.79 Å². The molecule has 1 atom stereocenters. The molecule has 2 heterocycles. The molecular formula is C19H23N7O2. The van der Waals surface area contributed by atoms with Crippen molar-refractivity contribution in [3.8, 4) is 11.4 Å². The molecule has 9 nitrogen and oxygen atoms in total. The van der Waals surface area contributed by atoms with Gasteiger partial charge in [0, 0.05) is 49.7 Å². The van der Waals surface area contributed by atoms with E-state index in [1.165, 1.54) is 0 Å². The second kappa shape index (κ2) is 9.14. The lowest BCUT2D eigenvalue weighted by atomic mass is 10.1. The molecule has 1 aromatic carbocycles. The Kier molecular flexibility index (Phi) is 6.38. The van der Waals surface area contributed by atoms with Crippen molar-refractivity contribution in [2.75, 3.05) is 39.8 Å². The van der Waals surface area contributed by atoms with Crippen LogP contribution in [0.4, 0.5) is 0 Å². The third-order valence-corrected chi connectivity index (χ3v) is 4.66. The zero-order valence-corrected chi connectivity index (χ0v) is 15.7. The van der Waals surface area contributed by atoms with Gasteiger partial charge < -0.3 is 15.1 Å². The van der Waals surface area contributed by atoms with E-state index in [0.717, 1.165) is 18.7 Å². The molecule has 2 N–H and O–H groups in total. The van der Waals surface area contributed by atoms with Crippen molar-refractivity contribution >= 4 is 11.8 Å². The monoisotopic (exact) mass is 381 g/mol. The van der Waals surface area contributed by atoms with E-state index in [9.17, 15) is 9.59 Å². The van der Waals surface area contributed by atoms with Gasteiger partial charge in [-0.1, -0.05) is 12.1 Å². The van der Waals surface area contributed by atoms with E-state index < -0.39 is 6.04 Å². The molecule has 1 aliphatic heterocycles. The van der Waals surface area contributed by atoms with Gasteiger partial charge in [-0.25, -0.2) is 15.5 Å². The maximum atomic E-state index is 12.7. The minimum atomic E-state index is -0.842. The molecule has 2 amide bonds. The van der Waals surface area contributed by atoms with Crippen LogP contribution < -0.4 is 5.32 Å². The Morgan fingerprint density at radius 2 is 1.79 bits per heavy atom. The first-order valence-electron chi connectivity index (χ1n) is 9.07. The Balaban J connectivity index is 1.66.